The molecule has 2 aliphatic rings. The Morgan fingerprint density at radius 2 is 1.20 bits per heavy atom. The van der Waals surface area contributed by atoms with Crippen LogP contribution in [0.5, 0.6) is 0 Å². The van der Waals surface area contributed by atoms with Crippen molar-refractivity contribution >= 4 is 29.5 Å². The van der Waals surface area contributed by atoms with E-state index in [0.29, 0.717) is 68.7 Å². The molecule has 1 fully saturated rings. The largest absolute Gasteiger partial charge is 0.533 e. The van der Waals surface area contributed by atoms with Crippen molar-refractivity contribution in [3.05, 3.63) is 58.7 Å². The number of fused-ring (bicyclic) bond motifs is 3. The third kappa shape index (κ3) is 9.04. The lowest BCUT2D eigenvalue weighted by Gasteiger charge is -2.17. The number of ketones is 2. The molecule has 0 spiro atoms. The Labute approximate surface area is 261 Å². The number of methoxy groups -OCH3 is 2. The van der Waals surface area contributed by atoms with Gasteiger partial charge < -0.3 is 23.7 Å². The molecule has 0 N–H and O–H groups in total. The van der Waals surface area contributed by atoms with Gasteiger partial charge in [-0.2, -0.15) is 0 Å². The second-order valence-electron chi connectivity index (χ2n) is 10.7. The Balaban J connectivity index is 1.49. The number of Topliss-reactive ketones (excluding diaryl/α,β-unsaturated/α-hetero) is 2. The van der Waals surface area contributed by atoms with Gasteiger partial charge in [0, 0.05) is 70.2 Å². The van der Waals surface area contributed by atoms with Crippen LogP contribution < -0.4 is 0 Å². The van der Waals surface area contributed by atoms with Crippen LogP contribution >= 0.6 is 0 Å². The van der Waals surface area contributed by atoms with Crippen LogP contribution in [0.4, 0.5) is 4.79 Å². The van der Waals surface area contributed by atoms with Crippen LogP contribution in [-0.4, -0.2) is 95.1 Å². The summed E-state index contributed by atoms with van der Waals surface area (Å²) in [6.45, 7) is 2.54. The lowest BCUT2D eigenvalue weighted by Crippen LogP contribution is -2.32. The second kappa shape index (κ2) is 16.9. The molecule has 1 saturated heterocycles. The molecule has 2 aromatic carbocycles. The average Bonchev–Trinajstić information content (AvgIpc) is 3.53. The van der Waals surface area contributed by atoms with Crippen molar-refractivity contribution in [2.24, 2.45) is 0 Å². The van der Waals surface area contributed by atoms with Crippen molar-refractivity contribution < 1.29 is 52.5 Å². The van der Waals surface area contributed by atoms with Gasteiger partial charge in [0.2, 0.25) is 0 Å². The first-order chi connectivity index (χ1) is 21.8. The predicted molar refractivity (Wildman–Crippen MR) is 160 cm³/mol. The molecule has 0 unspecified atom stereocenters. The van der Waals surface area contributed by atoms with E-state index < -0.39 is 23.9 Å². The van der Waals surface area contributed by atoms with Crippen LogP contribution in [0.15, 0.2) is 36.4 Å². The molecule has 0 aromatic heterocycles. The Hall–Kier alpha value is -3.97. The lowest BCUT2D eigenvalue weighted by atomic mass is 9.93. The number of carbonyl (C=O) groups excluding carboxylic acids is 5. The summed E-state index contributed by atoms with van der Waals surface area (Å²) in [6.07, 6.45) is 0.401. The highest BCUT2D eigenvalue weighted by Crippen LogP contribution is 2.46. The fourth-order valence-electron chi connectivity index (χ4n) is 5.24. The highest BCUT2D eigenvalue weighted by atomic mass is 16.8. The number of benzene rings is 2. The van der Waals surface area contributed by atoms with Gasteiger partial charge in [-0.25, -0.2) is 4.79 Å². The van der Waals surface area contributed by atoms with E-state index in [-0.39, 0.29) is 43.9 Å². The van der Waals surface area contributed by atoms with Gasteiger partial charge in [0.25, 0.3) is 11.8 Å². The fraction of sp³-hybridized carbons (Fsp3) is 0.485. The topological polar surface area (TPSA) is 144 Å². The monoisotopic (exact) mass is 625 g/mol. The van der Waals surface area contributed by atoms with Crippen molar-refractivity contribution in [1.29, 1.82) is 0 Å². The maximum absolute atomic E-state index is 13.0. The van der Waals surface area contributed by atoms with Gasteiger partial charge in [0.05, 0.1) is 26.4 Å². The molecular formula is C33H39NO11. The molecule has 0 radical (unpaired) electrons. The summed E-state index contributed by atoms with van der Waals surface area (Å²) in [7, 11) is 3.19. The molecular weight excluding hydrogens is 586 g/mol. The normalized spacial score (nSPS) is 14.0. The van der Waals surface area contributed by atoms with E-state index in [9.17, 15) is 24.0 Å². The summed E-state index contributed by atoms with van der Waals surface area (Å²) >= 11 is 0. The molecule has 2 aromatic rings. The van der Waals surface area contributed by atoms with Crippen LogP contribution in [0.1, 0.15) is 76.3 Å². The van der Waals surface area contributed by atoms with E-state index in [4.69, 9.17) is 28.5 Å². The SMILES string of the molecule is COCCOCCCC(=O)c1ccc2c(c1)C(COC(=O)ON1C(=O)CCC1=O)c1cc(C(=O)CCCOCCOC)ccc1-2. The molecule has 0 bridgehead atoms. The molecule has 1 aliphatic carbocycles. The Kier molecular flexibility index (Phi) is 12.8. The zero-order chi connectivity index (χ0) is 32.2. The molecule has 1 heterocycles. The Morgan fingerprint density at radius 3 is 1.67 bits per heavy atom. The van der Waals surface area contributed by atoms with E-state index in [1.165, 1.54) is 0 Å². The quantitative estimate of drug-likeness (QED) is 0.0955. The molecule has 242 valence electrons. The highest BCUT2D eigenvalue weighted by molar-refractivity contribution is 6.01. The van der Waals surface area contributed by atoms with Crippen LogP contribution in [0.2, 0.25) is 0 Å². The highest BCUT2D eigenvalue weighted by Gasteiger charge is 2.35. The smallest absolute Gasteiger partial charge is 0.432 e. The maximum Gasteiger partial charge on any atom is 0.533 e. The summed E-state index contributed by atoms with van der Waals surface area (Å²) in [6, 6.07) is 10.8. The van der Waals surface area contributed by atoms with Crippen molar-refractivity contribution in [1.82, 2.24) is 5.06 Å². The number of hydrogen-bond donors (Lipinski definition) is 0. The third-order valence-corrected chi connectivity index (χ3v) is 7.58. The minimum Gasteiger partial charge on any atom is -0.432 e. The Morgan fingerprint density at radius 1 is 0.711 bits per heavy atom. The maximum atomic E-state index is 13.0. The minimum absolute atomic E-state index is 0.0400. The number of amides is 2. The van der Waals surface area contributed by atoms with E-state index in [0.717, 1.165) is 22.3 Å². The van der Waals surface area contributed by atoms with Gasteiger partial charge in [0.15, 0.2) is 11.6 Å². The van der Waals surface area contributed by atoms with E-state index in [1.807, 2.05) is 12.1 Å². The number of hydrogen-bond acceptors (Lipinski definition) is 11. The number of imide groups is 1. The second-order valence-corrected chi connectivity index (χ2v) is 10.7. The molecule has 0 atom stereocenters. The van der Waals surface area contributed by atoms with E-state index in [1.54, 1.807) is 38.5 Å². The molecule has 12 nitrogen and oxygen atoms in total. The number of nitrogens with zero attached hydrogens (tertiary/aromatic N) is 1. The van der Waals surface area contributed by atoms with Crippen LogP contribution in [-0.2, 0) is 38.1 Å². The van der Waals surface area contributed by atoms with Crippen molar-refractivity contribution in [2.75, 3.05) is 60.5 Å². The fourth-order valence-corrected chi connectivity index (χ4v) is 5.24. The van der Waals surface area contributed by atoms with Crippen LogP contribution in [0, 0.1) is 0 Å². The number of ether oxygens (including phenoxy) is 5. The van der Waals surface area contributed by atoms with Gasteiger partial charge in [-0.1, -0.05) is 29.3 Å². The molecule has 4 rings (SSSR count). The zero-order valence-corrected chi connectivity index (χ0v) is 25.7. The standard InChI is InChI=1S/C33H39NO11/c1-40-15-17-42-13-3-5-29(35)22-7-9-24-25-10-8-23(30(36)6-4-14-43-18-16-41-2)20-27(25)28(26(24)19-22)21-44-33(39)45-34-31(37)11-12-32(34)38/h7-10,19-20,28H,3-6,11-18,21H2,1-2H3. The van der Waals surface area contributed by atoms with Crippen LogP contribution in [0.25, 0.3) is 11.1 Å². The zero-order valence-electron chi connectivity index (χ0n) is 25.7. The van der Waals surface area contributed by atoms with Crippen molar-refractivity contribution in [2.45, 2.75) is 44.4 Å². The van der Waals surface area contributed by atoms with Gasteiger partial charge >= 0.3 is 6.16 Å². The van der Waals surface area contributed by atoms with E-state index >= 15 is 0 Å². The summed E-state index contributed by atoms with van der Waals surface area (Å²) < 4.78 is 26.2. The first kappa shape index (κ1) is 33.9. The Bertz CT molecular complexity index is 1300. The van der Waals surface area contributed by atoms with Gasteiger partial charge in [0.1, 0.15) is 6.61 Å². The van der Waals surface area contributed by atoms with Crippen LogP contribution in [0.3, 0.4) is 0 Å². The number of rotatable bonds is 19. The third-order valence-electron chi connectivity index (χ3n) is 7.58. The number of hydroxylamine groups is 2. The molecule has 45 heavy (non-hydrogen) atoms. The predicted octanol–water partition coefficient (Wildman–Crippen LogP) is 4.27. The van der Waals surface area contributed by atoms with Crippen molar-refractivity contribution in [3.63, 3.8) is 0 Å². The van der Waals surface area contributed by atoms with Gasteiger partial charge in [-0.15, -0.1) is 0 Å². The summed E-state index contributed by atoms with van der Waals surface area (Å²) in [5.41, 5.74) is 4.21. The molecule has 2 amide bonds. The first-order valence-electron chi connectivity index (χ1n) is 15.0. The first-order valence-corrected chi connectivity index (χ1v) is 15.0. The minimum atomic E-state index is -1.20. The summed E-state index contributed by atoms with van der Waals surface area (Å²) in [4.78, 5) is 67.2. The number of carbonyl (C=O) groups is 5. The summed E-state index contributed by atoms with van der Waals surface area (Å²) in [5, 5.41) is 0.421. The van der Waals surface area contributed by atoms with Gasteiger partial charge in [-0.3, -0.25) is 24.0 Å². The van der Waals surface area contributed by atoms with Gasteiger partial charge in [-0.05, 0) is 47.2 Å². The van der Waals surface area contributed by atoms with E-state index in [2.05, 4.69) is 0 Å². The van der Waals surface area contributed by atoms with Crippen molar-refractivity contribution in [3.8, 4) is 11.1 Å². The average molecular weight is 626 g/mol. The molecule has 0 saturated carbocycles. The molecule has 12 heteroatoms. The lowest BCUT2D eigenvalue weighted by molar-refractivity contribution is -0.177. The molecule has 1 aliphatic heterocycles. The summed E-state index contributed by atoms with van der Waals surface area (Å²) in [5.74, 6) is -1.88.